The molecule has 1 saturated heterocycles. The maximum absolute atomic E-state index is 13.4. The molecule has 4 nitrogen and oxygen atoms in total. The molecular weight excluding hydrogens is 262 g/mol. The van der Waals surface area contributed by atoms with Crippen molar-refractivity contribution in [3.8, 4) is 0 Å². The maximum atomic E-state index is 13.4. The molecule has 0 saturated carbocycles. The lowest BCUT2D eigenvalue weighted by molar-refractivity contribution is 0.235. The van der Waals surface area contributed by atoms with Crippen molar-refractivity contribution in [1.82, 2.24) is 14.9 Å². The van der Waals surface area contributed by atoms with Crippen molar-refractivity contribution in [2.24, 2.45) is 0 Å². The van der Waals surface area contributed by atoms with Gasteiger partial charge in [-0.2, -0.15) is 0 Å². The van der Waals surface area contributed by atoms with Crippen LogP contribution in [0, 0.1) is 5.82 Å². The first-order valence-corrected chi connectivity index (χ1v) is 6.71. The quantitative estimate of drug-likeness (QED) is 0.858. The zero-order chi connectivity index (χ0) is 13.9. The molecule has 0 aliphatic carbocycles. The van der Waals surface area contributed by atoms with Gasteiger partial charge in [-0.05, 0) is 18.2 Å². The molecule has 0 atom stereocenters. The number of rotatable bonds is 3. The van der Waals surface area contributed by atoms with Crippen LogP contribution in [0.1, 0.15) is 0 Å². The zero-order valence-electron chi connectivity index (χ0n) is 11.1. The lowest BCUT2D eigenvalue weighted by atomic mass is 10.2. The van der Waals surface area contributed by atoms with Crippen molar-refractivity contribution in [2.75, 3.05) is 44.3 Å². The molecule has 3 rings (SSSR count). The number of fused-ring (bicyclic) bond motifs is 1. The standard InChI is InChI=1S/C14H16F2N4/c15-3-4-19-5-7-20(8-6-19)14-12-9-11(16)1-2-13(12)17-10-18-14/h1-2,9-10H,3-8H2. The summed E-state index contributed by atoms with van der Waals surface area (Å²) >= 11 is 0. The van der Waals surface area contributed by atoms with Crippen LogP contribution in [0.4, 0.5) is 14.6 Å². The molecule has 1 aromatic carbocycles. The highest BCUT2D eigenvalue weighted by Gasteiger charge is 2.19. The summed E-state index contributed by atoms with van der Waals surface area (Å²) in [5.74, 6) is 0.471. The summed E-state index contributed by atoms with van der Waals surface area (Å²) in [6.07, 6.45) is 1.50. The first-order valence-electron chi connectivity index (χ1n) is 6.71. The minimum Gasteiger partial charge on any atom is -0.353 e. The Morgan fingerprint density at radius 2 is 1.90 bits per heavy atom. The molecule has 1 aromatic heterocycles. The molecule has 2 heterocycles. The summed E-state index contributed by atoms with van der Waals surface area (Å²) in [4.78, 5) is 12.6. The SMILES string of the molecule is FCCN1CCN(c2ncnc3ccc(F)cc23)CC1. The van der Waals surface area contributed by atoms with Gasteiger partial charge in [-0.25, -0.2) is 18.7 Å². The summed E-state index contributed by atoms with van der Waals surface area (Å²) < 4.78 is 25.8. The van der Waals surface area contributed by atoms with Crippen LogP contribution in [0.15, 0.2) is 24.5 Å². The average molecular weight is 278 g/mol. The lowest BCUT2D eigenvalue weighted by Crippen LogP contribution is -2.47. The van der Waals surface area contributed by atoms with Gasteiger partial charge in [0, 0.05) is 38.1 Å². The van der Waals surface area contributed by atoms with Crippen LogP contribution < -0.4 is 4.90 Å². The van der Waals surface area contributed by atoms with E-state index in [0.717, 1.165) is 42.9 Å². The van der Waals surface area contributed by atoms with E-state index in [1.165, 1.54) is 18.5 Å². The highest BCUT2D eigenvalue weighted by atomic mass is 19.1. The van der Waals surface area contributed by atoms with Gasteiger partial charge in [0.1, 0.15) is 24.6 Å². The van der Waals surface area contributed by atoms with Gasteiger partial charge in [-0.1, -0.05) is 0 Å². The molecule has 20 heavy (non-hydrogen) atoms. The molecule has 0 radical (unpaired) electrons. The number of anilines is 1. The number of nitrogens with zero attached hydrogens (tertiary/aromatic N) is 4. The van der Waals surface area contributed by atoms with E-state index in [1.807, 2.05) is 0 Å². The molecule has 0 unspecified atom stereocenters. The van der Waals surface area contributed by atoms with E-state index in [-0.39, 0.29) is 12.5 Å². The van der Waals surface area contributed by atoms with Crippen LogP contribution in [-0.2, 0) is 0 Å². The van der Waals surface area contributed by atoms with Gasteiger partial charge in [0.25, 0.3) is 0 Å². The Hall–Kier alpha value is -1.82. The van der Waals surface area contributed by atoms with Crippen LogP contribution in [0.3, 0.4) is 0 Å². The zero-order valence-corrected chi connectivity index (χ0v) is 11.1. The fraction of sp³-hybridized carbons (Fsp3) is 0.429. The second kappa shape index (κ2) is 5.66. The predicted octanol–water partition coefficient (Wildman–Crippen LogP) is 1.86. The number of hydrogen-bond acceptors (Lipinski definition) is 4. The van der Waals surface area contributed by atoms with Crippen molar-refractivity contribution in [2.45, 2.75) is 0 Å². The van der Waals surface area contributed by atoms with Gasteiger partial charge in [-0.3, -0.25) is 4.90 Å². The highest BCUT2D eigenvalue weighted by molar-refractivity contribution is 5.89. The van der Waals surface area contributed by atoms with E-state index < -0.39 is 0 Å². The number of piperazine rings is 1. The first kappa shape index (κ1) is 13.2. The summed E-state index contributed by atoms with van der Waals surface area (Å²) in [5.41, 5.74) is 0.739. The van der Waals surface area contributed by atoms with Crippen molar-refractivity contribution in [3.63, 3.8) is 0 Å². The van der Waals surface area contributed by atoms with Gasteiger partial charge >= 0.3 is 0 Å². The summed E-state index contributed by atoms with van der Waals surface area (Å²) in [7, 11) is 0. The summed E-state index contributed by atoms with van der Waals surface area (Å²) in [5, 5.41) is 0.728. The van der Waals surface area contributed by atoms with E-state index in [9.17, 15) is 8.78 Å². The molecule has 0 bridgehead atoms. The Kier molecular flexibility index (Phi) is 3.73. The van der Waals surface area contributed by atoms with Gasteiger partial charge in [0.15, 0.2) is 0 Å². The van der Waals surface area contributed by atoms with E-state index in [4.69, 9.17) is 0 Å². The largest absolute Gasteiger partial charge is 0.353 e. The molecule has 0 spiro atoms. The minimum atomic E-state index is -0.318. The van der Waals surface area contributed by atoms with E-state index >= 15 is 0 Å². The maximum Gasteiger partial charge on any atom is 0.140 e. The molecule has 0 amide bonds. The van der Waals surface area contributed by atoms with E-state index in [2.05, 4.69) is 19.8 Å². The Balaban J connectivity index is 1.86. The van der Waals surface area contributed by atoms with Gasteiger partial charge in [0.05, 0.1) is 5.52 Å². The van der Waals surface area contributed by atoms with Crippen molar-refractivity contribution in [1.29, 1.82) is 0 Å². The first-order chi connectivity index (χ1) is 9.78. The van der Waals surface area contributed by atoms with Crippen LogP contribution in [0.25, 0.3) is 10.9 Å². The van der Waals surface area contributed by atoms with Crippen molar-refractivity contribution < 1.29 is 8.78 Å². The second-order valence-corrected chi connectivity index (χ2v) is 4.88. The Labute approximate surface area is 116 Å². The monoisotopic (exact) mass is 278 g/mol. The number of aromatic nitrogens is 2. The molecule has 106 valence electrons. The summed E-state index contributed by atoms with van der Waals surface area (Å²) in [6.45, 7) is 3.29. The Bertz CT molecular complexity index is 597. The number of halogens is 2. The number of alkyl halides is 1. The van der Waals surface area contributed by atoms with Crippen LogP contribution in [-0.4, -0.2) is 54.3 Å². The van der Waals surface area contributed by atoms with Crippen molar-refractivity contribution in [3.05, 3.63) is 30.3 Å². The summed E-state index contributed by atoms with van der Waals surface area (Å²) in [6, 6.07) is 4.53. The van der Waals surface area contributed by atoms with E-state index in [1.54, 1.807) is 6.07 Å². The van der Waals surface area contributed by atoms with Crippen LogP contribution in [0.2, 0.25) is 0 Å². The molecule has 6 heteroatoms. The molecular formula is C14H16F2N4. The number of benzene rings is 1. The number of hydrogen-bond donors (Lipinski definition) is 0. The minimum absolute atomic E-state index is 0.287. The smallest absolute Gasteiger partial charge is 0.140 e. The topological polar surface area (TPSA) is 32.3 Å². The molecule has 1 aliphatic rings. The van der Waals surface area contributed by atoms with Gasteiger partial charge in [-0.15, -0.1) is 0 Å². The van der Waals surface area contributed by atoms with Crippen LogP contribution in [0.5, 0.6) is 0 Å². The van der Waals surface area contributed by atoms with Crippen LogP contribution >= 0.6 is 0 Å². The average Bonchev–Trinajstić information content (AvgIpc) is 2.48. The van der Waals surface area contributed by atoms with Crippen molar-refractivity contribution >= 4 is 16.7 Å². The second-order valence-electron chi connectivity index (χ2n) is 4.88. The third kappa shape index (κ3) is 2.56. The molecule has 1 fully saturated rings. The fourth-order valence-electron chi connectivity index (χ4n) is 2.57. The Morgan fingerprint density at radius 3 is 2.65 bits per heavy atom. The Morgan fingerprint density at radius 1 is 1.10 bits per heavy atom. The van der Waals surface area contributed by atoms with E-state index in [0.29, 0.717) is 6.54 Å². The fourth-order valence-corrected chi connectivity index (χ4v) is 2.57. The normalized spacial score (nSPS) is 16.8. The molecule has 2 aromatic rings. The highest BCUT2D eigenvalue weighted by Crippen LogP contribution is 2.24. The third-order valence-electron chi connectivity index (χ3n) is 3.65. The molecule has 0 N–H and O–H groups in total. The van der Waals surface area contributed by atoms with Gasteiger partial charge in [0.2, 0.25) is 0 Å². The lowest BCUT2D eigenvalue weighted by Gasteiger charge is -2.35. The predicted molar refractivity (Wildman–Crippen MR) is 74.1 cm³/mol. The molecule has 1 aliphatic heterocycles. The van der Waals surface area contributed by atoms with Gasteiger partial charge < -0.3 is 4.90 Å². The third-order valence-corrected chi connectivity index (χ3v) is 3.65.